The van der Waals surface area contributed by atoms with Gasteiger partial charge in [-0.15, -0.1) is 0 Å². The zero-order chi connectivity index (χ0) is 13.7. The Bertz CT molecular complexity index is 378. The maximum absolute atomic E-state index is 6.12. The van der Waals surface area contributed by atoms with Crippen molar-refractivity contribution in [3.63, 3.8) is 0 Å². The minimum absolute atomic E-state index is 0.132. The molecule has 0 radical (unpaired) electrons. The first-order valence-corrected chi connectivity index (χ1v) is 7.52. The van der Waals surface area contributed by atoms with Crippen molar-refractivity contribution >= 4 is 7.12 Å². The Labute approximate surface area is 116 Å². The van der Waals surface area contributed by atoms with E-state index in [-0.39, 0.29) is 23.9 Å². The highest BCUT2D eigenvalue weighted by atomic mass is 16.7. The predicted molar refractivity (Wildman–Crippen MR) is 75.9 cm³/mol. The Kier molecular flexibility index (Phi) is 3.12. The fraction of sp³-hybridized carbons (Fsp3) is 0.867. The average molecular weight is 264 g/mol. The lowest BCUT2D eigenvalue weighted by atomic mass is 9.69. The van der Waals surface area contributed by atoms with Gasteiger partial charge in [-0.05, 0) is 65.3 Å². The van der Waals surface area contributed by atoms with Gasteiger partial charge in [0.2, 0.25) is 0 Å². The van der Waals surface area contributed by atoms with Gasteiger partial charge < -0.3 is 14.0 Å². The van der Waals surface area contributed by atoms with Gasteiger partial charge >= 0.3 is 7.12 Å². The summed E-state index contributed by atoms with van der Waals surface area (Å²) in [4.78, 5) is 0. The van der Waals surface area contributed by atoms with Crippen LogP contribution in [0, 0.1) is 0 Å². The van der Waals surface area contributed by atoms with E-state index in [0.717, 1.165) is 25.9 Å². The van der Waals surface area contributed by atoms with Crippen LogP contribution in [0.25, 0.3) is 0 Å². The molecule has 2 heterocycles. The summed E-state index contributed by atoms with van der Waals surface area (Å²) in [7, 11) is -0.163. The molecule has 1 atom stereocenters. The normalized spacial score (nSPS) is 36.8. The van der Waals surface area contributed by atoms with Crippen LogP contribution in [0.3, 0.4) is 0 Å². The number of allylic oxidation sites excluding steroid dienone is 1. The lowest BCUT2D eigenvalue weighted by Gasteiger charge is -2.32. The van der Waals surface area contributed by atoms with Crippen LogP contribution in [-0.2, 0) is 14.0 Å². The first-order chi connectivity index (χ1) is 8.84. The third kappa shape index (κ3) is 2.28. The van der Waals surface area contributed by atoms with Crippen LogP contribution < -0.4 is 0 Å². The summed E-state index contributed by atoms with van der Waals surface area (Å²) in [5.41, 5.74) is 0.960. The topological polar surface area (TPSA) is 27.7 Å². The van der Waals surface area contributed by atoms with Crippen molar-refractivity contribution in [1.82, 2.24) is 0 Å². The second-order valence-corrected chi connectivity index (χ2v) is 7.21. The molecule has 1 unspecified atom stereocenters. The number of rotatable bonds is 1. The van der Waals surface area contributed by atoms with Crippen LogP contribution >= 0.6 is 0 Å². The highest BCUT2D eigenvalue weighted by Gasteiger charge is 2.53. The summed E-state index contributed by atoms with van der Waals surface area (Å²) in [6.45, 7) is 9.37. The van der Waals surface area contributed by atoms with E-state index in [1.807, 2.05) is 0 Å². The van der Waals surface area contributed by atoms with Gasteiger partial charge in [0.15, 0.2) is 0 Å². The van der Waals surface area contributed by atoms with Gasteiger partial charge in [0.25, 0.3) is 0 Å². The summed E-state index contributed by atoms with van der Waals surface area (Å²) in [5.74, 6) is 0. The molecule has 0 aromatic heterocycles. The third-order valence-electron chi connectivity index (χ3n) is 5.35. The van der Waals surface area contributed by atoms with E-state index in [9.17, 15) is 0 Å². The highest BCUT2D eigenvalue weighted by Crippen LogP contribution is 2.43. The van der Waals surface area contributed by atoms with Crippen LogP contribution in [0.2, 0.25) is 0 Å². The lowest BCUT2D eigenvalue weighted by Crippen LogP contribution is -2.41. The van der Waals surface area contributed by atoms with E-state index in [0.29, 0.717) is 0 Å². The summed E-state index contributed by atoms with van der Waals surface area (Å²) >= 11 is 0. The van der Waals surface area contributed by atoms with Gasteiger partial charge in [-0.3, -0.25) is 0 Å². The molecular weight excluding hydrogens is 239 g/mol. The molecule has 1 spiro atoms. The van der Waals surface area contributed by atoms with Gasteiger partial charge in [-0.25, -0.2) is 0 Å². The fourth-order valence-corrected chi connectivity index (χ4v) is 3.22. The standard InChI is InChI=1S/C15H25BO3/c1-13(2)14(3,4)19-16(18-13)12-6-9-15(10-7-12)8-5-11-17-15/h6H,5,7-11H2,1-4H3. The van der Waals surface area contributed by atoms with Gasteiger partial charge in [0, 0.05) is 6.61 Å². The molecule has 0 saturated carbocycles. The smallest absolute Gasteiger partial charge is 0.400 e. The van der Waals surface area contributed by atoms with Crippen molar-refractivity contribution in [3.05, 3.63) is 11.5 Å². The summed E-state index contributed by atoms with van der Waals surface area (Å²) < 4.78 is 18.2. The van der Waals surface area contributed by atoms with Crippen molar-refractivity contribution in [1.29, 1.82) is 0 Å². The van der Waals surface area contributed by atoms with E-state index in [4.69, 9.17) is 14.0 Å². The molecule has 106 valence electrons. The first kappa shape index (κ1) is 13.7. The van der Waals surface area contributed by atoms with Crippen molar-refractivity contribution in [2.45, 2.75) is 76.6 Å². The Morgan fingerprint density at radius 2 is 1.74 bits per heavy atom. The van der Waals surface area contributed by atoms with Gasteiger partial charge in [0.05, 0.1) is 16.8 Å². The molecule has 0 N–H and O–H groups in total. The number of hydrogen-bond acceptors (Lipinski definition) is 3. The summed E-state index contributed by atoms with van der Waals surface area (Å²) in [5, 5.41) is 0. The van der Waals surface area contributed by atoms with E-state index < -0.39 is 0 Å². The van der Waals surface area contributed by atoms with Crippen LogP contribution in [0.4, 0.5) is 0 Å². The monoisotopic (exact) mass is 264 g/mol. The largest absolute Gasteiger partial charge is 0.490 e. The molecule has 2 fully saturated rings. The Balaban J connectivity index is 1.70. The van der Waals surface area contributed by atoms with E-state index in [1.165, 1.54) is 18.3 Å². The zero-order valence-corrected chi connectivity index (χ0v) is 12.6. The molecule has 0 aromatic rings. The molecule has 4 heteroatoms. The second-order valence-electron chi connectivity index (χ2n) is 7.21. The van der Waals surface area contributed by atoms with Crippen molar-refractivity contribution in [3.8, 4) is 0 Å². The molecule has 3 nitrogen and oxygen atoms in total. The second kappa shape index (κ2) is 4.34. The molecule has 2 saturated heterocycles. The molecule has 19 heavy (non-hydrogen) atoms. The van der Waals surface area contributed by atoms with Crippen LogP contribution in [0.5, 0.6) is 0 Å². The molecule has 3 rings (SSSR count). The summed E-state index contributed by atoms with van der Waals surface area (Å²) in [6.07, 6.45) is 7.89. The Hall–Kier alpha value is -0.315. The average Bonchev–Trinajstić information content (AvgIpc) is 2.84. The summed E-state index contributed by atoms with van der Waals surface area (Å²) in [6, 6.07) is 0. The minimum Gasteiger partial charge on any atom is -0.400 e. The zero-order valence-electron chi connectivity index (χ0n) is 12.6. The van der Waals surface area contributed by atoms with Crippen molar-refractivity contribution in [2.24, 2.45) is 0 Å². The Morgan fingerprint density at radius 3 is 2.21 bits per heavy atom. The third-order valence-corrected chi connectivity index (χ3v) is 5.35. The van der Waals surface area contributed by atoms with Crippen LogP contribution in [-0.4, -0.2) is 30.5 Å². The molecular formula is C15H25BO3. The van der Waals surface area contributed by atoms with Gasteiger partial charge in [-0.2, -0.15) is 0 Å². The van der Waals surface area contributed by atoms with Crippen molar-refractivity contribution < 1.29 is 14.0 Å². The predicted octanol–water partition coefficient (Wildman–Crippen LogP) is 3.28. The highest BCUT2D eigenvalue weighted by molar-refractivity contribution is 6.54. The maximum atomic E-state index is 6.12. The van der Waals surface area contributed by atoms with Gasteiger partial charge in [-0.1, -0.05) is 6.08 Å². The molecule has 3 aliphatic rings. The molecule has 0 bridgehead atoms. The lowest BCUT2D eigenvalue weighted by molar-refractivity contribution is -0.00336. The van der Waals surface area contributed by atoms with Crippen molar-refractivity contribution in [2.75, 3.05) is 6.61 Å². The van der Waals surface area contributed by atoms with E-state index in [2.05, 4.69) is 33.8 Å². The quantitative estimate of drug-likeness (QED) is 0.680. The molecule has 0 aromatic carbocycles. The molecule has 2 aliphatic heterocycles. The number of hydrogen-bond donors (Lipinski definition) is 0. The maximum Gasteiger partial charge on any atom is 0.490 e. The molecule has 0 amide bonds. The van der Waals surface area contributed by atoms with Crippen LogP contribution in [0.15, 0.2) is 11.5 Å². The fourth-order valence-electron chi connectivity index (χ4n) is 3.22. The first-order valence-electron chi connectivity index (χ1n) is 7.52. The van der Waals surface area contributed by atoms with E-state index >= 15 is 0 Å². The van der Waals surface area contributed by atoms with Crippen LogP contribution in [0.1, 0.15) is 59.8 Å². The van der Waals surface area contributed by atoms with Gasteiger partial charge in [0.1, 0.15) is 0 Å². The Morgan fingerprint density at radius 1 is 1.05 bits per heavy atom. The van der Waals surface area contributed by atoms with E-state index in [1.54, 1.807) is 0 Å². The number of ether oxygens (including phenoxy) is 1. The minimum atomic E-state index is -0.239. The SMILES string of the molecule is CC1(C)OB(C2=CCC3(CCCO3)CC2)OC1(C)C. The molecule has 1 aliphatic carbocycles.